The monoisotopic (exact) mass is 580 g/mol. The van der Waals surface area contributed by atoms with E-state index < -0.39 is 19.5 Å². The molecule has 0 N–H and O–H groups in total. The van der Waals surface area contributed by atoms with Crippen LogP contribution in [0.15, 0.2) is 30.5 Å². The van der Waals surface area contributed by atoms with Gasteiger partial charge in [0.15, 0.2) is 0 Å². The first kappa shape index (κ1) is 30.5. The van der Waals surface area contributed by atoms with Crippen LogP contribution in [0.1, 0.15) is 50.8 Å². The Kier molecular flexibility index (Phi) is 9.09. The first-order valence-corrected chi connectivity index (χ1v) is 17.8. The van der Waals surface area contributed by atoms with Gasteiger partial charge >= 0.3 is 6.09 Å². The number of fused-ring (bicyclic) bond motifs is 1. The van der Waals surface area contributed by atoms with Gasteiger partial charge in [0, 0.05) is 56.5 Å². The predicted molar refractivity (Wildman–Crippen MR) is 160 cm³/mol. The van der Waals surface area contributed by atoms with Crippen LogP contribution in [0.2, 0.25) is 25.7 Å². The van der Waals surface area contributed by atoms with Gasteiger partial charge in [-0.2, -0.15) is 5.26 Å². The van der Waals surface area contributed by atoms with Gasteiger partial charge in [0.1, 0.15) is 35.6 Å². The smallest absolute Gasteiger partial charge is 0.410 e. The molecule has 0 atom stereocenters. The number of hydrogen-bond donors (Lipinski definition) is 0. The van der Waals surface area contributed by atoms with Crippen molar-refractivity contribution in [3.05, 3.63) is 47.5 Å². The minimum Gasteiger partial charge on any atom is -0.496 e. The number of piperidine rings is 1. The average Bonchev–Trinajstić information content (AvgIpc) is 3.23. The van der Waals surface area contributed by atoms with E-state index in [-0.39, 0.29) is 18.7 Å². The van der Waals surface area contributed by atoms with E-state index >= 15 is 0 Å². The van der Waals surface area contributed by atoms with E-state index in [1.165, 1.54) is 12.1 Å². The van der Waals surface area contributed by atoms with E-state index in [9.17, 15) is 14.4 Å². The number of halogens is 1. The Morgan fingerprint density at radius 1 is 1.17 bits per heavy atom. The molecule has 0 aliphatic carbocycles. The third-order valence-electron chi connectivity index (χ3n) is 7.30. The van der Waals surface area contributed by atoms with Crippen LogP contribution in [0.5, 0.6) is 5.75 Å². The lowest BCUT2D eigenvalue weighted by Gasteiger charge is -2.34. The number of likely N-dealkylation sites (tertiary alicyclic amines) is 1. The second kappa shape index (κ2) is 12.2. The molecule has 1 aromatic carbocycles. The lowest BCUT2D eigenvalue weighted by molar-refractivity contribution is 0.0200. The van der Waals surface area contributed by atoms with Crippen molar-refractivity contribution in [2.45, 2.75) is 77.5 Å². The number of nitriles is 1. The molecule has 0 radical (unpaired) electrons. The molecule has 41 heavy (non-hydrogen) atoms. The van der Waals surface area contributed by atoms with Gasteiger partial charge < -0.3 is 23.7 Å². The van der Waals surface area contributed by atoms with Crippen molar-refractivity contribution in [2.24, 2.45) is 0 Å². The number of benzene rings is 1. The van der Waals surface area contributed by atoms with Gasteiger partial charge in [-0.15, -0.1) is 0 Å². The number of rotatable bonds is 8. The molecular formula is C31H41FN4O4Si. The van der Waals surface area contributed by atoms with Gasteiger partial charge in [0.25, 0.3) is 0 Å². The minimum atomic E-state index is -1.30. The zero-order valence-electron chi connectivity index (χ0n) is 25.2. The lowest BCUT2D eigenvalue weighted by atomic mass is 9.90. The van der Waals surface area contributed by atoms with E-state index in [1.54, 1.807) is 30.3 Å². The number of methoxy groups -OCH3 is 1. The number of pyridine rings is 1. The molecule has 0 bridgehead atoms. The summed E-state index contributed by atoms with van der Waals surface area (Å²) in [5, 5.41) is 11.2. The maximum absolute atomic E-state index is 14.4. The molecule has 0 spiro atoms. The highest BCUT2D eigenvalue weighted by Gasteiger charge is 2.33. The lowest BCUT2D eigenvalue weighted by Crippen LogP contribution is -2.41. The Balaban J connectivity index is 1.78. The predicted octanol–water partition coefficient (Wildman–Crippen LogP) is 7.15. The van der Waals surface area contributed by atoms with Crippen molar-refractivity contribution in [2.75, 3.05) is 26.8 Å². The molecule has 1 fully saturated rings. The quantitative estimate of drug-likeness (QED) is 0.208. The molecular weight excluding hydrogens is 539 g/mol. The third-order valence-corrected chi connectivity index (χ3v) is 9.00. The Bertz CT molecular complexity index is 1440. The largest absolute Gasteiger partial charge is 0.496 e. The van der Waals surface area contributed by atoms with Crippen molar-refractivity contribution < 1.29 is 23.4 Å². The third kappa shape index (κ3) is 7.08. The van der Waals surface area contributed by atoms with E-state index in [0.717, 1.165) is 11.7 Å². The summed E-state index contributed by atoms with van der Waals surface area (Å²) in [4.78, 5) is 19.1. The maximum Gasteiger partial charge on any atom is 0.410 e. The molecule has 3 heterocycles. The van der Waals surface area contributed by atoms with Crippen molar-refractivity contribution in [3.8, 4) is 22.9 Å². The van der Waals surface area contributed by atoms with Crippen LogP contribution in [0, 0.1) is 17.1 Å². The zero-order chi connectivity index (χ0) is 29.9. The summed E-state index contributed by atoms with van der Waals surface area (Å²) >= 11 is 0. The topological polar surface area (TPSA) is 89.6 Å². The molecule has 8 nitrogen and oxygen atoms in total. The van der Waals surface area contributed by atoms with Crippen LogP contribution in [-0.4, -0.2) is 61.0 Å². The van der Waals surface area contributed by atoms with Gasteiger partial charge in [-0.25, -0.2) is 14.2 Å². The van der Waals surface area contributed by atoms with Crippen LogP contribution in [0.25, 0.3) is 22.2 Å². The minimum absolute atomic E-state index is 0.000355. The number of ether oxygens (including phenoxy) is 3. The van der Waals surface area contributed by atoms with Gasteiger partial charge in [0.2, 0.25) is 0 Å². The highest BCUT2D eigenvalue weighted by molar-refractivity contribution is 6.76. The van der Waals surface area contributed by atoms with Gasteiger partial charge in [0.05, 0.1) is 12.7 Å². The summed E-state index contributed by atoms with van der Waals surface area (Å²) in [6.45, 7) is 14.4. The van der Waals surface area contributed by atoms with Crippen LogP contribution in [0.4, 0.5) is 9.18 Å². The Morgan fingerprint density at radius 3 is 2.49 bits per heavy atom. The summed E-state index contributed by atoms with van der Waals surface area (Å²) in [6, 6.07) is 9.63. The van der Waals surface area contributed by atoms with Crippen molar-refractivity contribution >= 4 is 25.2 Å². The molecule has 1 aliphatic rings. The number of aromatic nitrogens is 2. The highest BCUT2D eigenvalue weighted by Crippen LogP contribution is 2.42. The fourth-order valence-corrected chi connectivity index (χ4v) is 6.02. The van der Waals surface area contributed by atoms with E-state index in [2.05, 4.69) is 25.7 Å². The molecule has 10 heteroatoms. The Labute approximate surface area is 243 Å². The highest BCUT2D eigenvalue weighted by atomic mass is 28.3. The van der Waals surface area contributed by atoms with Crippen molar-refractivity contribution in [1.82, 2.24) is 14.5 Å². The number of carbonyl (C=O) groups excluding carboxylic acids is 1. The second-order valence-electron chi connectivity index (χ2n) is 12.8. The van der Waals surface area contributed by atoms with Crippen LogP contribution in [0.3, 0.4) is 0 Å². The molecule has 2 aromatic heterocycles. The van der Waals surface area contributed by atoms with Crippen LogP contribution < -0.4 is 4.74 Å². The van der Waals surface area contributed by atoms with Crippen molar-refractivity contribution in [1.29, 1.82) is 5.26 Å². The van der Waals surface area contributed by atoms with Crippen LogP contribution in [-0.2, 0) is 16.2 Å². The summed E-state index contributed by atoms with van der Waals surface area (Å²) in [7, 11) is 0.241. The van der Waals surface area contributed by atoms with E-state index in [4.69, 9.17) is 19.2 Å². The van der Waals surface area contributed by atoms with Crippen molar-refractivity contribution in [3.63, 3.8) is 0 Å². The number of amides is 1. The van der Waals surface area contributed by atoms with E-state index in [1.807, 2.05) is 25.3 Å². The van der Waals surface area contributed by atoms with Crippen LogP contribution >= 0.6 is 0 Å². The Hall–Kier alpha value is -3.42. The Morgan fingerprint density at radius 2 is 1.88 bits per heavy atom. The fourth-order valence-electron chi connectivity index (χ4n) is 5.26. The van der Waals surface area contributed by atoms with Gasteiger partial charge in [-0.1, -0.05) is 19.6 Å². The standard InChI is InChI=1S/C31H41FN4O4Si/c1-31(2,3)40-30(37)35-14-11-21(12-15-35)28-25(19-33)27-23(24-18-22(32)8-9-26(24)38-4)10-13-34-29(27)36(28)20-39-16-17-41(5,6)7/h8-10,13,18,21H,11-12,14-17,20H2,1-7H3. The fraction of sp³-hybridized carbons (Fsp3) is 0.516. The first-order chi connectivity index (χ1) is 19.3. The molecule has 1 saturated heterocycles. The molecule has 1 aliphatic heterocycles. The second-order valence-corrected chi connectivity index (χ2v) is 18.4. The zero-order valence-corrected chi connectivity index (χ0v) is 26.2. The molecule has 220 valence electrons. The summed E-state index contributed by atoms with van der Waals surface area (Å²) < 4.78 is 33.8. The normalized spacial score (nSPS) is 14.8. The average molecular weight is 581 g/mol. The number of hydrogen-bond acceptors (Lipinski definition) is 6. The van der Waals surface area contributed by atoms with E-state index in [0.29, 0.717) is 66.0 Å². The van der Waals surface area contributed by atoms with Gasteiger partial charge in [-0.3, -0.25) is 0 Å². The van der Waals surface area contributed by atoms with Gasteiger partial charge in [-0.05, 0) is 69.5 Å². The molecule has 3 aromatic rings. The molecule has 4 rings (SSSR count). The SMILES string of the molecule is COc1ccc(F)cc1-c1ccnc2c1c(C#N)c(C1CCN(C(=O)OC(C)(C)C)CC1)n2COCC[Si](C)(C)C. The molecule has 0 saturated carbocycles. The maximum atomic E-state index is 14.4. The summed E-state index contributed by atoms with van der Waals surface area (Å²) in [6.07, 6.45) is 2.68. The number of nitrogens with zero attached hydrogens (tertiary/aromatic N) is 4. The molecule has 0 unspecified atom stereocenters. The molecule has 1 amide bonds. The summed E-state index contributed by atoms with van der Waals surface area (Å²) in [5.41, 5.74) is 2.62. The summed E-state index contributed by atoms with van der Waals surface area (Å²) in [5.74, 6) is 0.114. The first-order valence-electron chi connectivity index (χ1n) is 14.1. The number of carbonyl (C=O) groups is 1.